The van der Waals surface area contributed by atoms with Crippen LogP contribution in [0.2, 0.25) is 0 Å². The molecule has 2 aromatic heterocycles. The summed E-state index contributed by atoms with van der Waals surface area (Å²) in [6.07, 6.45) is 0.322. The summed E-state index contributed by atoms with van der Waals surface area (Å²) in [5.41, 5.74) is 9.45. The van der Waals surface area contributed by atoms with Crippen LogP contribution >= 0.6 is 12.2 Å². The molecule has 6 nitrogen and oxygen atoms in total. The molecule has 3 N–H and O–H groups in total. The van der Waals surface area contributed by atoms with Gasteiger partial charge in [-0.15, -0.1) is 0 Å². The molecule has 5 rings (SSSR count). The summed E-state index contributed by atoms with van der Waals surface area (Å²) in [4.78, 5) is 18.1. The number of hydrogen-bond acceptors (Lipinski definition) is 5. The molecule has 0 aliphatic carbocycles. The number of aromatic nitrogens is 1. The second kappa shape index (κ2) is 7.70. The molecule has 31 heavy (non-hydrogen) atoms. The molecule has 0 bridgehead atoms. The molecule has 0 amide bonds. The van der Waals surface area contributed by atoms with Gasteiger partial charge in [-0.05, 0) is 48.1 Å². The van der Waals surface area contributed by atoms with Crippen LogP contribution in [0.5, 0.6) is 0 Å². The molecule has 0 atom stereocenters. The van der Waals surface area contributed by atoms with Gasteiger partial charge in [-0.25, -0.2) is 4.98 Å². The molecule has 2 heterocycles. The van der Waals surface area contributed by atoms with E-state index in [2.05, 4.69) is 10.3 Å². The van der Waals surface area contributed by atoms with E-state index in [0.717, 1.165) is 16.5 Å². The van der Waals surface area contributed by atoms with Crippen molar-refractivity contribution >= 4 is 50.9 Å². The molecule has 5 aromatic rings. The van der Waals surface area contributed by atoms with E-state index in [-0.39, 0.29) is 16.7 Å². The van der Waals surface area contributed by atoms with Crippen LogP contribution in [0.4, 0.5) is 5.69 Å². The normalized spacial score (nSPS) is 11.1. The van der Waals surface area contributed by atoms with Crippen molar-refractivity contribution in [2.24, 2.45) is 5.73 Å². The number of para-hydroxylation sites is 3. The zero-order valence-electron chi connectivity index (χ0n) is 16.3. The van der Waals surface area contributed by atoms with Gasteiger partial charge in [0.05, 0.1) is 17.7 Å². The summed E-state index contributed by atoms with van der Waals surface area (Å²) in [7, 11) is 0. The first kappa shape index (κ1) is 19.0. The number of anilines is 1. The molecular formula is C24H17N3O3S. The van der Waals surface area contributed by atoms with Gasteiger partial charge in [-0.1, -0.05) is 42.5 Å². The number of oxazole rings is 1. The van der Waals surface area contributed by atoms with Crippen LogP contribution in [0.1, 0.15) is 27.6 Å². The van der Waals surface area contributed by atoms with Gasteiger partial charge in [0.2, 0.25) is 5.78 Å². The third-order valence-electron chi connectivity index (χ3n) is 4.96. The summed E-state index contributed by atoms with van der Waals surface area (Å²) < 4.78 is 11.7. The molecule has 152 valence electrons. The molecule has 0 spiro atoms. The van der Waals surface area contributed by atoms with Crippen LogP contribution in [0, 0.1) is 0 Å². The van der Waals surface area contributed by atoms with Crippen molar-refractivity contribution in [2.75, 3.05) is 5.32 Å². The smallest absolute Gasteiger partial charge is 0.230 e. The summed E-state index contributed by atoms with van der Waals surface area (Å²) >= 11 is 5.01. The number of carbonyl (C=O) groups excluding carboxylic acids is 1. The minimum absolute atomic E-state index is 0.0673. The van der Waals surface area contributed by atoms with Gasteiger partial charge in [0.15, 0.2) is 22.3 Å². The number of thiocarbonyl (C=S) groups is 1. The van der Waals surface area contributed by atoms with E-state index in [0.29, 0.717) is 34.7 Å². The molecule has 7 heteroatoms. The van der Waals surface area contributed by atoms with E-state index in [1.165, 1.54) is 0 Å². The number of nitrogens with one attached hydrogen (secondary N) is 1. The fourth-order valence-corrected chi connectivity index (χ4v) is 3.74. The summed E-state index contributed by atoms with van der Waals surface area (Å²) in [6.45, 7) is 0. The van der Waals surface area contributed by atoms with Gasteiger partial charge in [0.1, 0.15) is 11.1 Å². The molecule has 0 aliphatic rings. The van der Waals surface area contributed by atoms with E-state index < -0.39 is 0 Å². The lowest BCUT2D eigenvalue weighted by Gasteiger charge is -2.13. The highest BCUT2D eigenvalue weighted by molar-refractivity contribution is 7.80. The van der Waals surface area contributed by atoms with Crippen molar-refractivity contribution in [2.45, 2.75) is 6.42 Å². The fourth-order valence-electron chi connectivity index (χ4n) is 3.63. The first-order valence-corrected chi connectivity index (χ1v) is 10.1. The number of rotatable bonds is 5. The van der Waals surface area contributed by atoms with Crippen LogP contribution in [-0.2, 0) is 6.42 Å². The van der Waals surface area contributed by atoms with Gasteiger partial charge in [0.25, 0.3) is 0 Å². The predicted octanol–water partition coefficient (Wildman–Crippen LogP) is 5.05. The van der Waals surface area contributed by atoms with Gasteiger partial charge in [0, 0.05) is 5.39 Å². The lowest BCUT2D eigenvalue weighted by molar-refractivity contribution is 0.101. The number of furan rings is 1. The van der Waals surface area contributed by atoms with Gasteiger partial charge in [-0.2, -0.15) is 0 Å². The number of benzene rings is 3. The largest absolute Gasteiger partial charge is 0.453 e. The minimum Gasteiger partial charge on any atom is -0.453 e. The van der Waals surface area contributed by atoms with E-state index in [4.69, 9.17) is 26.8 Å². The molecule has 0 radical (unpaired) electrons. The van der Waals surface area contributed by atoms with Crippen molar-refractivity contribution in [3.8, 4) is 0 Å². The van der Waals surface area contributed by atoms with Crippen molar-refractivity contribution in [1.29, 1.82) is 0 Å². The molecule has 0 aliphatic heterocycles. The first-order valence-electron chi connectivity index (χ1n) is 9.64. The van der Waals surface area contributed by atoms with Crippen LogP contribution in [0.3, 0.4) is 0 Å². The van der Waals surface area contributed by atoms with Crippen molar-refractivity contribution in [3.63, 3.8) is 0 Å². The SMILES string of the molecule is NC(=S)Nc1cccc(Cc2nc3ccccc3o2)c1C(=O)c1cc2ccccc2o1. The topological polar surface area (TPSA) is 94.3 Å². The summed E-state index contributed by atoms with van der Waals surface area (Å²) in [5, 5.41) is 3.83. The maximum Gasteiger partial charge on any atom is 0.230 e. The molecular weight excluding hydrogens is 410 g/mol. The maximum atomic E-state index is 13.5. The lowest BCUT2D eigenvalue weighted by Crippen LogP contribution is -2.21. The minimum atomic E-state index is -0.276. The van der Waals surface area contributed by atoms with Crippen LogP contribution < -0.4 is 11.1 Å². The van der Waals surface area contributed by atoms with Gasteiger partial charge < -0.3 is 19.9 Å². The fraction of sp³-hybridized carbons (Fsp3) is 0.0417. The third kappa shape index (κ3) is 3.67. The number of nitrogens with zero attached hydrogens (tertiary/aromatic N) is 1. The van der Waals surface area contributed by atoms with E-state index in [1.54, 1.807) is 12.1 Å². The highest BCUT2D eigenvalue weighted by Crippen LogP contribution is 2.29. The molecule has 0 saturated heterocycles. The average molecular weight is 427 g/mol. The first-order chi connectivity index (χ1) is 15.1. The zero-order chi connectivity index (χ0) is 21.4. The second-order valence-electron chi connectivity index (χ2n) is 7.06. The Morgan fingerprint density at radius 3 is 2.52 bits per heavy atom. The van der Waals surface area contributed by atoms with Gasteiger partial charge >= 0.3 is 0 Å². The van der Waals surface area contributed by atoms with Crippen LogP contribution in [0.25, 0.3) is 22.1 Å². The monoisotopic (exact) mass is 427 g/mol. The number of fused-ring (bicyclic) bond motifs is 2. The Bertz CT molecular complexity index is 1390. The number of hydrogen-bond donors (Lipinski definition) is 2. The zero-order valence-corrected chi connectivity index (χ0v) is 17.1. The lowest BCUT2D eigenvalue weighted by atomic mass is 9.97. The van der Waals surface area contributed by atoms with Crippen molar-refractivity contribution in [3.05, 3.63) is 95.6 Å². The highest BCUT2D eigenvalue weighted by Gasteiger charge is 2.23. The number of ketones is 1. The molecule has 3 aromatic carbocycles. The van der Waals surface area contributed by atoms with Crippen molar-refractivity contribution in [1.82, 2.24) is 4.98 Å². The van der Waals surface area contributed by atoms with E-state index in [1.807, 2.05) is 60.7 Å². The predicted molar refractivity (Wildman–Crippen MR) is 123 cm³/mol. The molecule has 0 saturated carbocycles. The van der Waals surface area contributed by atoms with Crippen molar-refractivity contribution < 1.29 is 13.6 Å². The quantitative estimate of drug-likeness (QED) is 0.299. The standard InChI is InChI=1S/C24H17N3O3S/c25-24(31)27-17-9-5-7-15(13-21-26-16-8-2-4-11-19(16)30-21)22(17)23(28)20-12-14-6-1-3-10-18(14)29-20/h1-12H,13H2,(H3,25,27,31). The second-order valence-corrected chi connectivity index (χ2v) is 7.50. The summed E-state index contributed by atoms with van der Waals surface area (Å²) in [6, 6.07) is 22.2. The summed E-state index contributed by atoms with van der Waals surface area (Å²) in [5.74, 6) is 0.464. The van der Waals surface area contributed by atoms with Gasteiger partial charge in [-0.3, -0.25) is 4.79 Å². The maximum absolute atomic E-state index is 13.5. The Hall–Kier alpha value is -3.97. The Morgan fingerprint density at radius 2 is 1.74 bits per heavy atom. The average Bonchev–Trinajstić information content (AvgIpc) is 3.36. The Morgan fingerprint density at radius 1 is 0.968 bits per heavy atom. The number of carbonyl (C=O) groups is 1. The highest BCUT2D eigenvalue weighted by atomic mass is 32.1. The molecule has 0 fully saturated rings. The molecule has 0 unspecified atom stereocenters. The Kier molecular flexibility index (Phi) is 4.72. The third-order valence-corrected chi connectivity index (χ3v) is 5.07. The van der Waals surface area contributed by atoms with E-state index >= 15 is 0 Å². The van der Waals surface area contributed by atoms with Crippen LogP contribution in [-0.4, -0.2) is 15.9 Å². The van der Waals surface area contributed by atoms with E-state index in [9.17, 15) is 4.79 Å². The Labute approximate surface area is 182 Å². The number of nitrogens with two attached hydrogens (primary N) is 1. The Balaban J connectivity index is 1.60. The van der Waals surface area contributed by atoms with Crippen LogP contribution in [0.15, 0.2) is 81.6 Å².